The molecule has 0 saturated carbocycles. The second kappa shape index (κ2) is 5.88. The van der Waals surface area contributed by atoms with E-state index in [9.17, 15) is 0 Å². The first kappa shape index (κ1) is 14.6. The lowest BCUT2D eigenvalue weighted by Gasteiger charge is -1.97. The summed E-state index contributed by atoms with van der Waals surface area (Å²) in [6.45, 7) is 0. The van der Waals surface area contributed by atoms with Gasteiger partial charge >= 0.3 is 0 Å². The number of H-pyrrole nitrogens is 2. The fraction of sp³-hybridized carbons (Fsp3) is 0.222. The minimum Gasteiger partial charge on any atom is -0.399 e. The Kier molecular flexibility index (Phi) is 3.57. The largest absolute Gasteiger partial charge is 0.399 e. The number of imidazole rings is 2. The number of aryl methyl sites for hydroxylation is 2. The van der Waals surface area contributed by atoms with Crippen LogP contribution in [0.25, 0.3) is 22.1 Å². The van der Waals surface area contributed by atoms with Crippen LogP contribution in [0.2, 0.25) is 0 Å². The zero-order valence-corrected chi connectivity index (χ0v) is 13.3. The molecular formula is C18H20N6. The summed E-state index contributed by atoms with van der Waals surface area (Å²) in [7, 11) is 0. The highest BCUT2D eigenvalue weighted by Gasteiger charge is 2.05. The zero-order valence-electron chi connectivity index (χ0n) is 13.3. The van der Waals surface area contributed by atoms with Crippen molar-refractivity contribution in [2.45, 2.75) is 25.7 Å². The number of nitrogens with zero attached hydrogens (tertiary/aromatic N) is 2. The zero-order chi connectivity index (χ0) is 16.5. The number of benzene rings is 2. The van der Waals surface area contributed by atoms with E-state index in [1.807, 2.05) is 36.4 Å². The van der Waals surface area contributed by atoms with Crippen molar-refractivity contribution in [1.82, 2.24) is 19.9 Å². The maximum atomic E-state index is 5.79. The summed E-state index contributed by atoms with van der Waals surface area (Å²) in [5, 5.41) is 0. The number of hydrogen-bond acceptors (Lipinski definition) is 4. The van der Waals surface area contributed by atoms with Gasteiger partial charge in [0.15, 0.2) is 0 Å². The number of hydrogen-bond donors (Lipinski definition) is 4. The monoisotopic (exact) mass is 320 g/mol. The summed E-state index contributed by atoms with van der Waals surface area (Å²) in [5.41, 5.74) is 17.0. The number of aromatic amines is 2. The molecule has 4 aromatic rings. The molecule has 6 N–H and O–H groups in total. The van der Waals surface area contributed by atoms with Crippen molar-refractivity contribution in [3.05, 3.63) is 48.0 Å². The Hall–Kier alpha value is -3.02. The van der Waals surface area contributed by atoms with Gasteiger partial charge in [0, 0.05) is 24.2 Å². The highest BCUT2D eigenvalue weighted by molar-refractivity contribution is 5.79. The molecule has 4 rings (SSSR count). The van der Waals surface area contributed by atoms with E-state index < -0.39 is 0 Å². The van der Waals surface area contributed by atoms with Crippen molar-refractivity contribution < 1.29 is 0 Å². The maximum Gasteiger partial charge on any atom is 0.107 e. The molecule has 0 amide bonds. The van der Waals surface area contributed by atoms with Gasteiger partial charge in [-0.3, -0.25) is 0 Å². The first-order chi connectivity index (χ1) is 11.7. The van der Waals surface area contributed by atoms with Gasteiger partial charge in [0.25, 0.3) is 0 Å². The predicted octanol–water partition coefficient (Wildman–Crippen LogP) is 3.17. The van der Waals surface area contributed by atoms with E-state index in [0.717, 1.165) is 70.8 Å². The van der Waals surface area contributed by atoms with Crippen LogP contribution in [-0.4, -0.2) is 19.9 Å². The maximum absolute atomic E-state index is 5.79. The van der Waals surface area contributed by atoms with Crippen LogP contribution in [0.4, 0.5) is 11.4 Å². The van der Waals surface area contributed by atoms with Crippen LogP contribution in [-0.2, 0) is 12.8 Å². The van der Waals surface area contributed by atoms with E-state index in [1.54, 1.807) is 0 Å². The lowest BCUT2D eigenvalue weighted by Crippen LogP contribution is -1.92. The molecule has 0 unspecified atom stereocenters. The third-order valence-corrected chi connectivity index (χ3v) is 4.19. The summed E-state index contributed by atoms with van der Waals surface area (Å²) < 4.78 is 0. The van der Waals surface area contributed by atoms with Crippen molar-refractivity contribution in [2.75, 3.05) is 11.5 Å². The summed E-state index contributed by atoms with van der Waals surface area (Å²) in [5.74, 6) is 2.01. The predicted molar refractivity (Wildman–Crippen MR) is 97.7 cm³/mol. The van der Waals surface area contributed by atoms with Gasteiger partial charge in [-0.1, -0.05) is 0 Å². The van der Waals surface area contributed by atoms with Gasteiger partial charge in [-0.05, 0) is 49.2 Å². The first-order valence-electron chi connectivity index (χ1n) is 8.15. The van der Waals surface area contributed by atoms with E-state index in [0.29, 0.717) is 0 Å². The van der Waals surface area contributed by atoms with E-state index in [1.165, 1.54) is 0 Å². The molecule has 2 heterocycles. The number of nitrogens with one attached hydrogen (secondary N) is 2. The smallest absolute Gasteiger partial charge is 0.107 e. The highest BCUT2D eigenvalue weighted by Crippen LogP contribution is 2.18. The minimum atomic E-state index is 0.753. The molecule has 0 aliphatic rings. The van der Waals surface area contributed by atoms with E-state index in [4.69, 9.17) is 11.5 Å². The van der Waals surface area contributed by atoms with Gasteiger partial charge in [0.2, 0.25) is 0 Å². The third kappa shape index (κ3) is 2.90. The molecule has 0 atom stereocenters. The molecular weight excluding hydrogens is 300 g/mol. The van der Waals surface area contributed by atoms with E-state index in [2.05, 4.69) is 19.9 Å². The van der Waals surface area contributed by atoms with Gasteiger partial charge in [-0.25, -0.2) is 9.97 Å². The van der Waals surface area contributed by atoms with Crippen molar-refractivity contribution in [3.8, 4) is 0 Å². The number of aromatic nitrogens is 4. The van der Waals surface area contributed by atoms with Crippen molar-refractivity contribution in [2.24, 2.45) is 0 Å². The quantitative estimate of drug-likeness (QED) is 0.334. The van der Waals surface area contributed by atoms with Crippen molar-refractivity contribution in [3.63, 3.8) is 0 Å². The number of rotatable bonds is 5. The van der Waals surface area contributed by atoms with Crippen LogP contribution in [0.5, 0.6) is 0 Å². The second-order valence-electron chi connectivity index (χ2n) is 6.13. The summed E-state index contributed by atoms with van der Waals surface area (Å²) >= 11 is 0. The van der Waals surface area contributed by atoms with Crippen LogP contribution < -0.4 is 11.5 Å². The topological polar surface area (TPSA) is 109 Å². The molecule has 0 bridgehead atoms. The van der Waals surface area contributed by atoms with Gasteiger partial charge < -0.3 is 21.4 Å². The van der Waals surface area contributed by atoms with Crippen molar-refractivity contribution in [1.29, 1.82) is 0 Å². The van der Waals surface area contributed by atoms with E-state index >= 15 is 0 Å². The molecule has 0 aliphatic carbocycles. The van der Waals surface area contributed by atoms with Gasteiger partial charge in [-0.15, -0.1) is 0 Å². The third-order valence-electron chi connectivity index (χ3n) is 4.19. The molecule has 0 fully saturated rings. The minimum absolute atomic E-state index is 0.753. The van der Waals surface area contributed by atoms with Crippen molar-refractivity contribution >= 4 is 33.4 Å². The molecule has 0 spiro atoms. The number of nitrogens with two attached hydrogens (primary N) is 2. The number of nitrogen functional groups attached to an aromatic ring is 2. The molecule has 0 aliphatic heterocycles. The molecule has 0 radical (unpaired) electrons. The molecule has 6 nitrogen and oxygen atoms in total. The lowest BCUT2D eigenvalue weighted by molar-refractivity contribution is 0.698. The summed E-state index contributed by atoms with van der Waals surface area (Å²) in [6, 6.07) is 11.5. The fourth-order valence-electron chi connectivity index (χ4n) is 2.98. The summed E-state index contributed by atoms with van der Waals surface area (Å²) in [4.78, 5) is 15.9. The standard InChI is InChI=1S/C18H20N6/c19-11-5-7-13-15(9-11)23-17(21-13)3-1-2-4-18-22-14-8-6-12(20)10-16(14)24-18/h5-10H,1-4,19-20H2,(H,21,23)(H,22,24). The SMILES string of the molecule is Nc1ccc2nc(CCCCc3nc4ccc(N)cc4[nH]3)[nH]c2c1. The van der Waals surface area contributed by atoms with Crippen LogP contribution in [0.15, 0.2) is 36.4 Å². The Morgan fingerprint density at radius 2 is 1.17 bits per heavy atom. The summed E-state index contributed by atoms with van der Waals surface area (Å²) in [6.07, 6.45) is 3.94. The van der Waals surface area contributed by atoms with Crippen LogP contribution >= 0.6 is 0 Å². The average Bonchev–Trinajstić information content (AvgIpc) is 3.13. The average molecular weight is 320 g/mol. The molecule has 122 valence electrons. The van der Waals surface area contributed by atoms with Gasteiger partial charge in [-0.2, -0.15) is 0 Å². The Morgan fingerprint density at radius 3 is 1.62 bits per heavy atom. The number of fused-ring (bicyclic) bond motifs is 2. The van der Waals surface area contributed by atoms with Crippen LogP contribution in [0, 0.1) is 0 Å². The number of unbranched alkanes of at least 4 members (excludes halogenated alkanes) is 1. The lowest BCUT2D eigenvalue weighted by atomic mass is 10.2. The van der Waals surface area contributed by atoms with Gasteiger partial charge in [0.05, 0.1) is 22.1 Å². The fourth-order valence-corrected chi connectivity index (χ4v) is 2.98. The number of anilines is 2. The molecule has 2 aromatic carbocycles. The van der Waals surface area contributed by atoms with Crippen LogP contribution in [0.3, 0.4) is 0 Å². The Labute approximate surface area is 139 Å². The molecule has 24 heavy (non-hydrogen) atoms. The first-order valence-corrected chi connectivity index (χ1v) is 8.15. The Morgan fingerprint density at radius 1 is 0.708 bits per heavy atom. The molecule has 2 aromatic heterocycles. The Balaban J connectivity index is 1.36. The normalized spacial score (nSPS) is 11.5. The van der Waals surface area contributed by atoms with Crippen LogP contribution in [0.1, 0.15) is 24.5 Å². The second-order valence-corrected chi connectivity index (χ2v) is 6.13. The molecule has 6 heteroatoms. The highest BCUT2D eigenvalue weighted by atomic mass is 14.9. The molecule has 0 saturated heterocycles. The Bertz CT molecular complexity index is 915. The van der Waals surface area contributed by atoms with Gasteiger partial charge in [0.1, 0.15) is 11.6 Å². The van der Waals surface area contributed by atoms with E-state index in [-0.39, 0.29) is 0 Å².